The molecule has 1 saturated heterocycles. The maximum atomic E-state index is 12.4. The molecule has 0 aromatic heterocycles. The summed E-state index contributed by atoms with van der Waals surface area (Å²) in [6.07, 6.45) is 4.25. The Balaban J connectivity index is 1.74. The lowest BCUT2D eigenvalue weighted by molar-refractivity contribution is -0.126. The number of allylic oxidation sites excluding steroid dienone is 3. The fourth-order valence-electron chi connectivity index (χ4n) is 4.96. The molecule has 2 aliphatic carbocycles. The summed E-state index contributed by atoms with van der Waals surface area (Å²) in [6.45, 7) is 4.16. The summed E-state index contributed by atoms with van der Waals surface area (Å²) in [4.78, 5) is 24.8. The number of rotatable bonds is 2. The topological polar surface area (TPSA) is 46.2 Å². The van der Waals surface area contributed by atoms with E-state index in [0.717, 1.165) is 11.1 Å². The highest BCUT2D eigenvalue weighted by atomic mass is 16.2. The van der Waals surface area contributed by atoms with Crippen molar-refractivity contribution in [3.63, 3.8) is 0 Å². The van der Waals surface area contributed by atoms with E-state index in [2.05, 4.69) is 79.8 Å². The lowest BCUT2D eigenvalue weighted by Crippen LogP contribution is -2.26. The van der Waals surface area contributed by atoms with E-state index in [1.54, 1.807) is 0 Å². The number of carbonyl (C=O) groups excluding carboxylic acids is 2. The number of carbonyl (C=O) groups is 2. The minimum Gasteiger partial charge on any atom is -0.296 e. The van der Waals surface area contributed by atoms with Crippen molar-refractivity contribution in [1.29, 1.82) is 0 Å². The number of nitrogens with one attached hydrogen (secondary N) is 1. The summed E-state index contributed by atoms with van der Waals surface area (Å²) in [6, 6.07) is 17.1. The number of aryl methyl sites for hydroxylation is 2. The summed E-state index contributed by atoms with van der Waals surface area (Å²) >= 11 is 0. The number of hydrogen-bond donors (Lipinski definition) is 1. The Morgan fingerprint density at radius 3 is 1.52 bits per heavy atom. The molecule has 2 fully saturated rings. The highest BCUT2D eigenvalue weighted by Crippen LogP contribution is 2.56. The molecule has 27 heavy (non-hydrogen) atoms. The summed E-state index contributed by atoms with van der Waals surface area (Å²) in [7, 11) is 0. The van der Waals surface area contributed by atoms with Crippen molar-refractivity contribution in [2.24, 2.45) is 23.7 Å². The van der Waals surface area contributed by atoms with Crippen LogP contribution in [0.4, 0.5) is 0 Å². The first-order chi connectivity index (χ1) is 13.0. The van der Waals surface area contributed by atoms with Gasteiger partial charge < -0.3 is 0 Å². The minimum absolute atomic E-state index is 0.00376. The number of amides is 2. The van der Waals surface area contributed by atoms with Gasteiger partial charge >= 0.3 is 0 Å². The molecular weight excluding hydrogens is 334 g/mol. The number of benzene rings is 2. The average molecular weight is 355 g/mol. The molecule has 0 radical (unpaired) electrons. The largest absolute Gasteiger partial charge is 0.296 e. The maximum Gasteiger partial charge on any atom is 0.231 e. The number of fused-ring (bicyclic) bond motifs is 5. The van der Waals surface area contributed by atoms with Crippen LogP contribution in [-0.4, -0.2) is 11.8 Å². The van der Waals surface area contributed by atoms with Crippen molar-refractivity contribution in [3.05, 3.63) is 88.5 Å². The van der Waals surface area contributed by atoms with Gasteiger partial charge in [0.05, 0.1) is 11.8 Å². The number of hydrogen-bond acceptors (Lipinski definition) is 2. The molecule has 3 heteroatoms. The molecule has 4 atom stereocenters. The molecule has 1 heterocycles. The Labute approximate surface area is 158 Å². The van der Waals surface area contributed by atoms with Crippen molar-refractivity contribution in [3.8, 4) is 0 Å². The van der Waals surface area contributed by atoms with E-state index in [4.69, 9.17) is 0 Å². The standard InChI is InChI=1S/C24H21NO2/c1-13-3-7-15(8-4-13)19(16-9-5-14(2)6-10-16)20-17-11-12-18(20)22-21(17)23(26)25-24(22)27/h3-12,17-18,21-22H,1-2H3,(H,25,26,27)/t17-,18+,21+,22-. The third kappa shape index (κ3) is 2.34. The fourth-order valence-corrected chi connectivity index (χ4v) is 4.96. The van der Waals surface area contributed by atoms with Gasteiger partial charge in [0.25, 0.3) is 0 Å². The van der Waals surface area contributed by atoms with Crippen LogP contribution in [0.1, 0.15) is 22.3 Å². The molecule has 1 N–H and O–H groups in total. The molecule has 2 bridgehead atoms. The van der Waals surface area contributed by atoms with Gasteiger partial charge in [-0.1, -0.05) is 71.8 Å². The van der Waals surface area contributed by atoms with Crippen molar-refractivity contribution < 1.29 is 9.59 Å². The van der Waals surface area contributed by atoms with Crippen LogP contribution < -0.4 is 5.32 Å². The van der Waals surface area contributed by atoms with Crippen molar-refractivity contribution in [2.45, 2.75) is 13.8 Å². The average Bonchev–Trinajstić information content (AvgIpc) is 3.30. The van der Waals surface area contributed by atoms with Crippen LogP contribution in [0.25, 0.3) is 5.57 Å². The van der Waals surface area contributed by atoms with Gasteiger partial charge in [0.2, 0.25) is 11.8 Å². The fraction of sp³-hybridized carbons (Fsp3) is 0.250. The first-order valence-electron chi connectivity index (χ1n) is 9.46. The predicted molar refractivity (Wildman–Crippen MR) is 105 cm³/mol. The van der Waals surface area contributed by atoms with Gasteiger partial charge in [0.15, 0.2) is 0 Å². The zero-order valence-corrected chi connectivity index (χ0v) is 15.4. The van der Waals surface area contributed by atoms with E-state index in [-0.39, 0.29) is 35.5 Å². The molecule has 1 saturated carbocycles. The number of imide groups is 1. The molecule has 0 spiro atoms. The van der Waals surface area contributed by atoms with E-state index in [1.165, 1.54) is 22.3 Å². The second kappa shape index (κ2) is 5.78. The quantitative estimate of drug-likeness (QED) is 0.658. The smallest absolute Gasteiger partial charge is 0.231 e. The normalized spacial score (nSPS) is 27.9. The van der Waals surface area contributed by atoms with Crippen molar-refractivity contribution in [1.82, 2.24) is 5.32 Å². The van der Waals surface area contributed by atoms with E-state index < -0.39 is 0 Å². The Bertz CT molecular complexity index is 932. The molecule has 134 valence electrons. The monoisotopic (exact) mass is 355 g/mol. The third-order valence-electron chi connectivity index (χ3n) is 6.23. The molecule has 3 aliphatic rings. The van der Waals surface area contributed by atoms with Crippen LogP contribution in [0.2, 0.25) is 0 Å². The van der Waals surface area contributed by atoms with Crippen LogP contribution in [0, 0.1) is 37.5 Å². The summed E-state index contributed by atoms with van der Waals surface area (Å²) in [5, 5.41) is 2.53. The minimum atomic E-state index is -0.256. The molecule has 1 aliphatic heterocycles. The Morgan fingerprint density at radius 1 is 0.704 bits per heavy atom. The highest BCUT2D eigenvalue weighted by molar-refractivity contribution is 6.08. The Kier molecular flexibility index (Phi) is 3.48. The lowest BCUT2D eigenvalue weighted by Gasteiger charge is -2.18. The van der Waals surface area contributed by atoms with Crippen LogP contribution >= 0.6 is 0 Å². The SMILES string of the molecule is Cc1ccc(C(=C2[C@H]3C=C[C@@H]2[C@H]2C(=O)NC(=O)[C@H]23)c2ccc(C)cc2)cc1. The van der Waals surface area contributed by atoms with E-state index in [0.29, 0.717) is 0 Å². The first kappa shape index (κ1) is 16.2. The lowest BCUT2D eigenvalue weighted by atomic mass is 9.85. The van der Waals surface area contributed by atoms with Crippen LogP contribution in [0.5, 0.6) is 0 Å². The van der Waals surface area contributed by atoms with Crippen LogP contribution in [0.3, 0.4) is 0 Å². The first-order valence-corrected chi connectivity index (χ1v) is 9.46. The summed E-state index contributed by atoms with van der Waals surface area (Å²) in [5.74, 6) is -0.743. The molecule has 2 aromatic rings. The van der Waals surface area contributed by atoms with Gasteiger partial charge in [-0.15, -0.1) is 0 Å². The Morgan fingerprint density at radius 2 is 1.11 bits per heavy atom. The van der Waals surface area contributed by atoms with Crippen LogP contribution in [0.15, 0.2) is 66.3 Å². The maximum absolute atomic E-state index is 12.4. The molecule has 2 aromatic carbocycles. The molecule has 5 rings (SSSR count). The van der Waals surface area contributed by atoms with Gasteiger partial charge in [-0.05, 0) is 36.1 Å². The van der Waals surface area contributed by atoms with Gasteiger partial charge in [0, 0.05) is 11.8 Å². The third-order valence-corrected chi connectivity index (χ3v) is 6.23. The zero-order valence-electron chi connectivity index (χ0n) is 15.4. The summed E-state index contributed by atoms with van der Waals surface area (Å²) in [5.41, 5.74) is 7.11. The van der Waals surface area contributed by atoms with E-state index in [1.807, 2.05) is 0 Å². The van der Waals surface area contributed by atoms with Gasteiger partial charge in [0.1, 0.15) is 0 Å². The van der Waals surface area contributed by atoms with Crippen molar-refractivity contribution >= 4 is 17.4 Å². The highest BCUT2D eigenvalue weighted by Gasteiger charge is 2.59. The molecule has 2 amide bonds. The van der Waals surface area contributed by atoms with Crippen LogP contribution in [-0.2, 0) is 9.59 Å². The molecule has 3 nitrogen and oxygen atoms in total. The van der Waals surface area contributed by atoms with E-state index in [9.17, 15) is 9.59 Å². The van der Waals surface area contributed by atoms with Gasteiger partial charge in [-0.25, -0.2) is 0 Å². The van der Waals surface area contributed by atoms with Crippen molar-refractivity contribution in [2.75, 3.05) is 0 Å². The molecule has 0 unspecified atom stereocenters. The summed E-state index contributed by atoms with van der Waals surface area (Å²) < 4.78 is 0. The van der Waals surface area contributed by atoms with Gasteiger partial charge in [-0.2, -0.15) is 0 Å². The Hall–Kier alpha value is -2.94. The molecular formula is C24H21NO2. The van der Waals surface area contributed by atoms with E-state index >= 15 is 0 Å². The zero-order chi connectivity index (χ0) is 18.7. The van der Waals surface area contributed by atoms with Gasteiger partial charge in [-0.3, -0.25) is 14.9 Å². The predicted octanol–water partition coefficient (Wildman–Crippen LogP) is 3.81. The second-order valence-electron chi connectivity index (χ2n) is 7.90. The second-order valence-corrected chi connectivity index (χ2v) is 7.90.